The van der Waals surface area contributed by atoms with Crippen molar-refractivity contribution in [2.75, 3.05) is 7.05 Å². The fraction of sp³-hybridized carbons (Fsp3) is 0.375. The molecule has 5 nitrogen and oxygen atoms in total. The zero-order valence-electron chi connectivity index (χ0n) is 12.0. The average Bonchev–Trinajstić information content (AvgIpc) is 3.20. The molecule has 1 N–H and O–H groups in total. The highest BCUT2D eigenvalue weighted by atomic mass is 16.6. The number of nitrogens with zero attached hydrogens (tertiary/aromatic N) is 2. The molecule has 1 unspecified atom stereocenters. The monoisotopic (exact) mass is 285 g/mol. The molecule has 1 heterocycles. The standard InChI is InChI=1S/C16H19N3O2/c1-17-16(13-5-6-13)14-7-8-18(11-14)10-12-3-2-4-15(9-12)19(20)21/h2-4,7-9,11,13,16-17H,5-6,10H2,1H3. The lowest BCUT2D eigenvalue weighted by Gasteiger charge is -2.13. The predicted molar refractivity (Wildman–Crippen MR) is 81.2 cm³/mol. The zero-order chi connectivity index (χ0) is 14.8. The van der Waals surface area contributed by atoms with Crippen LogP contribution in [0, 0.1) is 16.0 Å². The first-order valence-corrected chi connectivity index (χ1v) is 7.23. The van der Waals surface area contributed by atoms with Crippen LogP contribution in [0.15, 0.2) is 42.7 Å². The van der Waals surface area contributed by atoms with Gasteiger partial charge in [-0.05, 0) is 43.0 Å². The Kier molecular flexibility index (Phi) is 3.75. The molecule has 1 aromatic carbocycles. The summed E-state index contributed by atoms with van der Waals surface area (Å²) >= 11 is 0. The minimum atomic E-state index is -0.352. The van der Waals surface area contributed by atoms with E-state index in [-0.39, 0.29) is 10.6 Å². The fourth-order valence-electron chi connectivity index (χ4n) is 2.82. The lowest BCUT2D eigenvalue weighted by Crippen LogP contribution is -2.17. The second-order valence-corrected chi connectivity index (χ2v) is 5.65. The van der Waals surface area contributed by atoms with Crippen LogP contribution < -0.4 is 5.32 Å². The Morgan fingerprint density at radius 2 is 2.24 bits per heavy atom. The van der Waals surface area contributed by atoms with Crippen molar-refractivity contribution >= 4 is 5.69 Å². The Morgan fingerprint density at radius 1 is 1.43 bits per heavy atom. The minimum Gasteiger partial charge on any atom is -0.350 e. The number of nitro groups is 1. The Morgan fingerprint density at radius 3 is 2.90 bits per heavy atom. The smallest absolute Gasteiger partial charge is 0.269 e. The molecule has 21 heavy (non-hydrogen) atoms. The van der Waals surface area contributed by atoms with E-state index >= 15 is 0 Å². The quantitative estimate of drug-likeness (QED) is 0.655. The molecule has 1 atom stereocenters. The van der Waals surface area contributed by atoms with Crippen molar-refractivity contribution in [1.29, 1.82) is 0 Å². The van der Waals surface area contributed by atoms with Gasteiger partial charge in [-0.2, -0.15) is 0 Å². The van der Waals surface area contributed by atoms with Crippen LogP contribution in [-0.2, 0) is 6.54 Å². The van der Waals surface area contributed by atoms with Gasteiger partial charge in [0.15, 0.2) is 0 Å². The van der Waals surface area contributed by atoms with Crippen LogP contribution in [0.25, 0.3) is 0 Å². The van der Waals surface area contributed by atoms with Crippen molar-refractivity contribution in [3.8, 4) is 0 Å². The van der Waals surface area contributed by atoms with Gasteiger partial charge < -0.3 is 9.88 Å². The van der Waals surface area contributed by atoms with Crippen LogP contribution in [0.4, 0.5) is 5.69 Å². The summed E-state index contributed by atoms with van der Waals surface area (Å²) < 4.78 is 2.08. The molecule has 1 aromatic heterocycles. The second-order valence-electron chi connectivity index (χ2n) is 5.65. The van der Waals surface area contributed by atoms with Gasteiger partial charge >= 0.3 is 0 Å². The molecular weight excluding hydrogens is 266 g/mol. The molecule has 0 aliphatic heterocycles. The van der Waals surface area contributed by atoms with Gasteiger partial charge in [-0.1, -0.05) is 12.1 Å². The summed E-state index contributed by atoms with van der Waals surface area (Å²) in [5, 5.41) is 14.2. The number of non-ortho nitro benzene ring substituents is 1. The van der Waals surface area contributed by atoms with Crippen LogP contribution in [0.2, 0.25) is 0 Å². The number of rotatable bonds is 6. The maximum Gasteiger partial charge on any atom is 0.269 e. The summed E-state index contributed by atoms with van der Waals surface area (Å²) in [6, 6.07) is 9.37. The van der Waals surface area contributed by atoms with E-state index in [1.54, 1.807) is 12.1 Å². The van der Waals surface area contributed by atoms with Gasteiger partial charge in [0, 0.05) is 37.1 Å². The molecule has 0 bridgehead atoms. The Hall–Kier alpha value is -2.14. The molecule has 1 fully saturated rings. The maximum absolute atomic E-state index is 10.8. The normalized spacial score (nSPS) is 15.9. The molecule has 2 aromatic rings. The minimum absolute atomic E-state index is 0.144. The third-order valence-corrected chi connectivity index (χ3v) is 4.02. The number of nitro benzene ring substituents is 1. The van der Waals surface area contributed by atoms with Crippen molar-refractivity contribution in [1.82, 2.24) is 9.88 Å². The van der Waals surface area contributed by atoms with E-state index in [0.717, 1.165) is 11.5 Å². The van der Waals surface area contributed by atoms with Crippen LogP contribution in [0.3, 0.4) is 0 Å². The number of hydrogen-bond acceptors (Lipinski definition) is 3. The van der Waals surface area contributed by atoms with E-state index in [2.05, 4.69) is 22.1 Å². The van der Waals surface area contributed by atoms with E-state index in [9.17, 15) is 10.1 Å². The van der Waals surface area contributed by atoms with Crippen LogP contribution >= 0.6 is 0 Å². The summed E-state index contributed by atoms with van der Waals surface area (Å²) in [6.45, 7) is 0.656. The molecule has 3 rings (SSSR count). The zero-order valence-corrected chi connectivity index (χ0v) is 12.0. The molecule has 110 valence electrons. The molecular formula is C16H19N3O2. The van der Waals surface area contributed by atoms with Gasteiger partial charge in [0.25, 0.3) is 5.69 Å². The predicted octanol–water partition coefficient (Wildman–Crippen LogP) is 3.12. The fourth-order valence-corrected chi connectivity index (χ4v) is 2.82. The molecule has 1 aliphatic rings. The molecule has 0 amide bonds. The maximum atomic E-state index is 10.8. The van der Waals surface area contributed by atoms with Gasteiger partial charge in [0.2, 0.25) is 0 Å². The van der Waals surface area contributed by atoms with Crippen molar-refractivity contribution in [3.63, 3.8) is 0 Å². The molecule has 5 heteroatoms. The molecule has 1 aliphatic carbocycles. The Labute approximate surface area is 123 Å². The Balaban J connectivity index is 1.74. The lowest BCUT2D eigenvalue weighted by atomic mass is 10.1. The van der Waals surface area contributed by atoms with E-state index in [4.69, 9.17) is 0 Å². The third-order valence-electron chi connectivity index (χ3n) is 4.02. The third kappa shape index (κ3) is 3.13. The average molecular weight is 285 g/mol. The number of aromatic nitrogens is 1. The van der Waals surface area contributed by atoms with E-state index in [1.807, 2.05) is 19.3 Å². The topological polar surface area (TPSA) is 60.1 Å². The van der Waals surface area contributed by atoms with E-state index in [0.29, 0.717) is 12.6 Å². The highest BCUT2D eigenvalue weighted by Crippen LogP contribution is 2.40. The molecule has 0 saturated heterocycles. The molecule has 1 saturated carbocycles. The van der Waals surface area contributed by atoms with E-state index in [1.165, 1.54) is 24.5 Å². The van der Waals surface area contributed by atoms with E-state index < -0.39 is 0 Å². The summed E-state index contributed by atoms with van der Waals surface area (Å²) in [5.41, 5.74) is 2.38. The number of benzene rings is 1. The van der Waals surface area contributed by atoms with Crippen LogP contribution in [0.1, 0.15) is 30.0 Å². The number of hydrogen-bond donors (Lipinski definition) is 1. The summed E-state index contributed by atoms with van der Waals surface area (Å²) in [5.74, 6) is 0.753. The van der Waals surface area contributed by atoms with Crippen LogP contribution in [-0.4, -0.2) is 16.5 Å². The second kappa shape index (κ2) is 5.69. The van der Waals surface area contributed by atoms with Crippen LogP contribution in [0.5, 0.6) is 0 Å². The SMILES string of the molecule is CNC(c1ccn(Cc2cccc([N+](=O)[O-])c2)c1)C1CC1. The summed E-state index contributed by atoms with van der Waals surface area (Å²) in [4.78, 5) is 10.5. The number of nitrogens with one attached hydrogen (secondary N) is 1. The van der Waals surface area contributed by atoms with Gasteiger partial charge in [-0.15, -0.1) is 0 Å². The first-order valence-electron chi connectivity index (χ1n) is 7.23. The molecule has 0 radical (unpaired) electrons. The molecule has 0 spiro atoms. The first-order chi connectivity index (χ1) is 10.2. The Bertz CT molecular complexity index is 646. The highest BCUT2D eigenvalue weighted by Gasteiger charge is 2.31. The van der Waals surface area contributed by atoms with Gasteiger partial charge in [0.05, 0.1) is 4.92 Å². The van der Waals surface area contributed by atoms with Gasteiger partial charge in [-0.25, -0.2) is 0 Å². The summed E-state index contributed by atoms with van der Waals surface area (Å²) in [6.07, 6.45) is 6.77. The lowest BCUT2D eigenvalue weighted by molar-refractivity contribution is -0.384. The first kappa shape index (κ1) is 13.8. The van der Waals surface area contributed by atoms with Crippen molar-refractivity contribution in [3.05, 3.63) is 64.0 Å². The van der Waals surface area contributed by atoms with Crippen molar-refractivity contribution < 1.29 is 4.92 Å². The van der Waals surface area contributed by atoms with Gasteiger partial charge in [-0.3, -0.25) is 10.1 Å². The van der Waals surface area contributed by atoms with Crippen molar-refractivity contribution in [2.45, 2.75) is 25.4 Å². The summed E-state index contributed by atoms with van der Waals surface area (Å²) in [7, 11) is 2.00. The largest absolute Gasteiger partial charge is 0.350 e. The highest BCUT2D eigenvalue weighted by molar-refractivity contribution is 5.34. The van der Waals surface area contributed by atoms with Crippen molar-refractivity contribution in [2.24, 2.45) is 5.92 Å². The van der Waals surface area contributed by atoms with Gasteiger partial charge in [0.1, 0.15) is 0 Å².